The number of nitrogens with zero attached hydrogens (tertiary/aromatic N) is 1. The first-order valence-corrected chi connectivity index (χ1v) is 9.09. The highest BCUT2D eigenvalue weighted by Gasteiger charge is 2.39. The van der Waals surface area contributed by atoms with Gasteiger partial charge in [-0.1, -0.05) is 23.7 Å². The standard InChI is InChI=1S/C20H17ClN2O7/c1-11-5-4-6-16(21)17(11)28-14-8-12(7-13(9-14)23(26)27)22-10-15-18(24)29-20(2,3)30-19(15)25/h4-10,22H,1-3H3. The van der Waals surface area contributed by atoms with E-state index in [4.69, 9.17) is 25.8 Å². The first-order valence-electron chi connectivity index (χ1n) is 8.71. The summed E-state index contributed by atoms with van der Waals surface area (Å²) in [6.07, 6.45) is 1.06. The molecule has 1 heterocycles. The predicted octanol–water partition coefficient (Wildman–Crippen LogP) is 4.48. The van der Waals surface area contributed by atoms with E-state index >= 15 is 0 Å². The lowest BCUT2D eigenvalue weighted by Crippen LogP contribution is -2.42. The molecule has 1 aliphatic heterocycles. The van der Waals surface area contributed by atoms with Crippen molar-refractivity contribution < 1.29 is 28.7 Å². The zero-order valence-corrected chi connectivity index (χ0v) is 17.0. The average molecular weight is 433 g/mol. The monoisotopic (exact) mass is 432 g/mol. The second-order valence-electron chi connectivity index (χ2n) is 6.84. The van der Waals surface area contributed by atoms with Crippen LogP contribution in [0.5, 0.6) is 11.5 Å². The quantitative estimate of drug-likeness (QED) is 0.241. The number of para-hydroxylation sites is 1. The van der Waals surface area contributed by atoms with E-state index in [2.05, 4.69) is 5.32 Å². The van der Waals surface area contributed by atoms with Crippen molar-refractivity contribution in [2.45, 2.75) is 26.6 Å². The van der Waals surface area contributed by atoms with Gasteiger partial charge in [0.1, 0.15) is 11.5 Å². The molecule has 0 spiro atoms. The summed E-state index contributed by atoms with van der Waals surface area (Å²) in [5.41, 5.74) is 0.279. The van der Waals surface area contributed by atoms with Crippen molar-refractivity contribution in [2.24, 2.45) is 0 Å². The van der Waals surface area contributed by atoms with Gasteiger partial charge in [0.15, 0.2) is 5.57 Å². The maximum Gasteiger partial charge on any atom is 0.350 e. The lowest BCUT2D eigenvalue weighted by molar-refractivity contribution is -0.384. The van der Waals surface area contributed by atoms with Crippen LogP contribution in [0, 0.1) is 17.0 Å². The van der Waals surface area contributed by atoms with Crippen molar-refractivity contribution in [3.8, 4) is 11.5 Å². The molecule has 0 radical (unpaired) electrons. The Labute approximate surface area is 176 Å². The molecule has 1 N–H and O–H groups in total. The zero-order valence-electron chi connectivity index (χ0n) is 16.2. The number of hydrogen-bond acceptors (Lipinski definition) is 8. The Morgan fingerprint density at radius 3 is 2.43 bits per heavy atom. The summed E-state index contributed by atoms with van der Waals surface area (Å²) in [7, 11) is 0. The molecule has 2 aromatic rings. The van der Waals surface area contributed by atoms with Crippen molar-refractivity contribution in [3.63, 3.8) is 0 Å². The van der Waals surface area contributed by atoms with E-state index in [-0.39, 0.29) is 22.7 Å². The number of ether oxygens (including phenoxy) is 3. The molecule has 10 heteroatoms. The minimum atomic E-state index is -1.37. The van der Waals surface area contributed by atoms with Gasteiger partial charge in [0.25, 0.3) is 11.5 Å². The van der Waals surface area contributed by atoms with Gasteiger partial charge >= 0.3 is 11.9 Å². The molecule has 30 heavy (non-hydrogen) atoms. The minimum Gasteiger partial charge on any atom is -0.455 e. The third-order valence-electron chi connectivity index (χ3n) is 3.99. The van der Waals surface area contributed by atoms with Crippen LogP contribution in [0.4, 0.5) is 11.4 Å². The molecule has 0 atom stereocenters. The summed E-state index contributed by atoms with van der Waals surface area (Å²) in [5.74, 6) is -2.64. The first kappa shape index (κ1) is 21.1. The van der Waals surface area contributed by atoms with E-state index in [1.54, 1.807) is 25.1 Å². The number of aryl methyl sites for hydroxylation is 1. The maximum absolute atomic E-state index is 12.0. The van der Waals surface area contributed by atoms with Crippen LogP contribution in [0.2, 0.25) is 5.02 Å². The third-order valence-corrected chi connectivity index (χ3v) is 4.28. The van der Waals surface area contributed by atoms with Crippen LogP contribution in [0.3, 0.4) is 0 Å². The summed E-state index contributed by atoms with van der Waals surface area (Å²) < 4.78 is 15.7. The number of anilines is 1. The smallest absolute Gasteiger partial charge is 0.350 e. The zero-order chi connectivity index (χ0) is 22.1. The minimum absolute atomic E-state index is 0.135. The third kappa shape index (κ3) is 4.69. The normalized spacial score (nSPS) is 15.1. The second-order valence-corrected chi connectivity index (χ2v) is 7.25. The van der Waals surface area contributed by atoms with E-state index in [0.29, 0.717) is 10.8 Å². The molecule has 1 saturated heterocycles. The number of carbonyl (C=O) groups excluding carboxylic acids is 2. The predicted molar refractivity (Wildman–Crippen MR) is 107 cm³/mol. The van der Waals surface area contributed by atoms with Gasteiger partial charge in [0, 0.05) is 37.9 Å². The van der Waals surface area contributed by atoms with E-state index in [1.165, 1.54) is 32.0 Å². The molecule has 0 aliphatic carbocycles. The molecule has 1 aliphatic rings. The molecule has 0 unspecified atom stereocenters. The molecule has 156 valence electrons. The van der Waals surface area contributed by atoms with Crippen LogP contribution in [0.25, 0.3) is 0 Å². The fourth-order valence-electron chi connectivity index (χ4n) is 2.63. The van der Waals surface area contributed by atoms with Crippen molar-refractivity contribution in [1.29, 1.82) is 0 Å². The first-order chi connectivity index (χ1) is 14.1. The molecule has 3 rings (SSSR count). The van der Waals surface area contributed by atoms with E-state index in [9.17, 15) is 19.7 Å². The van der Waals surface area contributed by atoms with Gasteiger partial charge in [-0.2, -0.15) is 0 Å². The molecular weight excluding hydrogens is 416 g/mol. The molecular formula is C20H17ClN2O7. The number of nitro groups is 1. The molecule has 9 nitrogen and oxygen atoms in total. The lowest BCUT2D eigenvalue weighted by atomic mass is 10.2. The highest BCUT2D eigenvalue weighted by atomic mass is 35.5. The van der Waals surface area contributed by atoms with Gasteiger partial charge in [-0.3, -0.25) is 10.1 Å². The SMILES string of the molecule is Cc1cccc(Cl)c1Oc1cc(NC=C2C(=O)OC(C)(C)OC2=O)cc([N+](=O)[O-])c1. The van der Waals surface area contributed by atoms with Crippen molar-refractivity contribution >= 4 is 34.9 Å². The lowest BCUT2D eigenvalue weighted by Gasteiger charge is -2.29. The summed E-state index contributed by atoms with van der Waals surface area (Å²) >= 11 is 6.15. The summed E-state index contributed by atoms with van der Waals surface area (Å²) in [4.78, 5) is 34.7. The van der Waals surface area contributed by atoms with Gasteiger partial charge in [-0.25, -0.2) is 9.59 Å². The van der Waals surface area contributed by atoms with Gasteiger partial charge in [0.2, 0.25) is 0 Å². The van der Waals surface area contributed by atoms with Crippen LogP contribution >= 0.6 is 11.6 Å². The molecule has 0 saturated carbocycles. The van der Waals surface area contributed by atoms with Gasteiger partial charge < -0.3 is 19.5 Å². The van der Waals surface area contributed by atoms with Crippen molar-refractivity contribution in [2.75, 3.05) is 5.32 Å². The summed E-state index contributed by atoms with van der Waals surface area (Å²) in [6, 6.07) is 9.06. The number of rotatable bonds is 5. The Bertz CT molecular complexity index is 1040. The molecule has 0 amide bonds. The van der Waals surface area contributed by atoms with E-state index < -0.39 is 22.6 Å². The second kappa shape index (κ2) is 8.03. The number of hydrogen-bond donors (Lipinski definition) is 1. The van der Waals surface area contributed by atoms with Crippen LogP contribution in [-0.2, 0) is 19.1 Å². The number of carbonyl (C=O) groups is 2. The Morgan fingerprint density at radius 2 is 1.83 bits per heavy atom. The van der Waals surface area contributed by atoms with Gasteiger partial charge in [-0.15, -0.1) is 0 Å². The van der Waals surface area contributed by atoms with Crippen LogP contribution in [-0.4, -0.2) is 22.6 Å². The number of cyclic esters (lactones) is 2. The van der Waals surface area contributed by atoms with E-state index in [1.807, 2.05) is 0 Å². The van der Waals surface area contributed by atoms with Crippen LogP contribution in [0.15, 0.2) is 48.2 Å². The Hall–Kier alpha value is -3.59. The van der Waals surface area contributed by atoms with Gasteiger partial charge in [0.05, 0.1) is 16.0 Å². The topological polar surface area (TPSA) is 117 Å². The van der Waals surface area contributed by atoms with Crippen LogP contribution < -0.4 is 10.1 Å². The van der Waals surface area contributed by atoms with Gasteiger partial charge in [-0.05, 0) is 18.6 Å². The number of halogens is 1. The largest absolute Gasteiger partial charge is 0.455 e. The van der Waals surface area contributed by atoms with Crippen molar-refractivity contribution in [3.05, 3.63) is 68.9 Å². The highest BCUT2D eigenvalue weighted by Crippen LogP contribution is 2.35. The van der Waals surface area contributed by atoms with Crippen molar-refractivity contribution in [1.82, 2.24) is 0 Å². The summed E-state index contributed by atoms with van der Waals surface area (Å²) in [6.45, 7) is 4.63. The number of nitro benzene ring substituents is 1. The molecule has 0 bridgehead atoms. The van der Waals surface area contributed by atoms with E-state index in [0.717, 1.165) is 11.8 Å². The highest BCUT2D eigenvalue weighted by molar-refractivity contribution is 6.32. The molecule has 1 fully saturated rings. The molecule has 0 aromatic heterocycles. The Balaban J connectivity index is 1.91. The molecule has 2 aromatic carbocycles. The fourth-order valence-corrected chi connectivity index (χ4v) is 2.89. The summed E-state index contributed by atoms with van der Waals surface area (Å²) in [5, 5.41) is 14.3. The Kier molecular flexibility index (Phi) is 5.66. The number of nitrogens with one attached hydrogen (secondary N) is 1. The average Bonchev–Trinajstić information content (AvgIpc) is 2.63. The number of benzene rings is 2. The van der Waals surface area contributed by atoms with Crippen LogP contribution in [0.1, 0.15) is 19.4 Å². The number of esters is 2. The number of non-ortho nitro benzene ring substituents is 1. The Morgan fingerprint density at radius 1 is 1.17 bits per heavy atom. The maximum atomic E-state index is 12.0. The fraction of sp³-hybridized carbons (Fsp3) is 0.200.